The van der Waals surface area contributed by atoms with E-state index >= 15 is 0 Å². The number of amides is 1. The van der Waals surface area contributed by atoms with Crippen molar-refractivity contribution < 1.29 is 19.4 Å². The van der Waals surface area contributed by atoms with Gasteiger partial charge in [-0.05, 0) is 36.8 Å². The van der Waals surface area contributed by atoms with Gasteiger partial charge < -0.3 is 15.2 Å². The number of ether oxygens (including phenoxy) is 1. The molecule has 2 aromatic rings. The van der Waals surface area contributed by atoms with Crippen molar-refractivity contribution in [3.05, 3.63) is 57.8 Å². The van der Waals surface area contributed by atoms with Gasteiger partial charge in [0.05, 0.1) is 6.42 Å². The quantitative estimate of drug-likeness (QED) is 0.704. The first kappa shape index (κ1) is 20.6. The molecule has 0 saturated carbocycles. The third-order valence-corrected chi connectivity index (χ3v) is 6.57. The number of carbonyl (C=O) groups excluding carboxylic acids is 1. The molecular formula is C22H27NO4S. The molecule has 6 heteroatoms. The van der Waals surface area contributed by atoms with Gasteiger partial charge in [0.2, 0.25) is 5.91 Å². The number of carboxylic acids is 1. The zero-order chi connectivity index (χ0) is 20.0. The molecule has 5 nitrogen and oxygen atoms in total. The Bertz CT molecular complexity index is 779. The van der Waals surface area contributed by atoms with Crippen molar-refractivity contribution in [1.82, 2.24) is 5.32 Å². The van der Waals surface area contributed by atoms with E-state index in [2.05, 4.69) is 36.5 Å². The number of aryl methyl sites for hydroxylation is 1. The molecule has 0 radical (unpaired) electrons. The maximum absolute atomic E-state index is 12.7. The van der Waals surface area contributed by atoms with Crippen molar-refractivity contribution in [1.29, 1.82) is 0 Å². The second-order valence-corrected chi connectivity index (χ2v) is 8.53. The number of rotatable bonds is 8. The zero-order valence-corrected chi connectivity index (χ0v) is 17.0. The first-order chi connectivity index (χ1) is 13.5. The Kier molecular flexibility index (Phi) is 6.86. The molecule has 3 rings (SSSR count). The molecule has 1 aliphatic rings. The van der Waals surface area contributed by atoms with Crippen LogP contribution in [0.1, 0.15) is 47.6 Å². The predicted molar refractivity (Wildman–Crippen MR) is 110 cm³/mol. The van der Waals surface area contributed by atoms with Crippen molar-refractivity contribution in [3.8, 4) is 0 Å². The number of hydrogen-bond acceptors (Lipinski definition) is 4. The third kappa shape index (κ3) is 5.20. The summed E-state index contributed by atoms with van der Waals surface area (Å²) in [6.07, 6.45) is 1.87. The lowest BCUT2D eigenvalue weighted by atomic mass is 9.74. The molecule has 1 aliphatic heterocycles. The summed E-state index contributed by atoms with van der Waals surface area (Å²) in [6.45, 7) is 3.97. The summed E-state index contributed by atoms with van der Waals surface area (Å²) >= 11 is 1.50. The highest BCUT2D eigenvalue weighted by Crippen LogP contribution is 2.35. The van der Waals surface area contributed by atoms with Crippen LogP contribution < -0.4 is 5.32 Å². The van der Waals surface area contributed by atoms with Gasteiger partial charge in [-0.2, -0.15) is 0 Å². The van der Waals surface area contributed by atoms with E-state index in [4.69, 9.17) is 4.74 Å². The largest absolute Gasteiger partial charge is 0.481 e. The molecule has 2 N–H and O–H groups in total. The minimum Gasteiger partial charge on any atom is -0.481 e. The van der Waals surface area contributed by atoms with Gasteiger partial charge in [0.15, 0.2) is 0 Å². The summed E-state index contributed by atoms with van der Waals surface area (Å²) in [5, 5.41) is 14.2. The molecule has 150 valence electrons. The van der Waals surface area contributed by atoms with E-state index in [0.717, 1.165) is 17.7 Å². The van der Waals surface area contributed by atoms with E-state index in [9.17, 15) is 14.7 Å². The van der Waals surface area contributed by atoms with E-state index in [0.29, 0.717) is 19.8 Å². The second-order valence-electron chi connectivity index (χ2n) is 7.55. The predicted octanol–water partition coefficient (Wildman–Crippen LogP) is 3.87. The second kappa shape index (κ2) is 9.34. The molecule has 28 heavy (non-hydrogen) atoms. The smallest absolute Gasteiger partial charge is 0.304 e. The number of hydrogen-bond donors (Lipinski definition) is 2. The average molecular weight is 402 g/mol. The van der Waals surface area contributed by atoms with Crippen LogP contribution in [0.25, 0.3) is 0 Å². The van der Waals surface area contributed by atoms with E-state index in [1.807, 2.05) is 17.5 Å². The van der Waals surface area contributed by atoms with Crippen LogP contribution in [0.15, 0.2) is 41.8 Å². The van der Waals surface area contributed by atoms with E-state index < -0.39 is 5.97 Å². The van der Waals surface area contributed by atoms with E-state index in [1.165, 1.54) is 22.5 Å². The number of thiophene rings is 1. The zero-order valence-electron chi connectivity index (χ0n) is 16.1. The van der Waals surface area contributed by atoms with Gasteiger partial charge in [0.25, 0.3) is 0 Å². The lowest BCUT2D eigenvalue weighted by molar-refractivity contribution is -0.137. The fourth-order valence-electron chi connectivity index (χ4n) is 3.81. The van der Waals surface area contributed by atoms with Crippen molar-refractivity contribution in [2.75, 3.05) is 19.8 Å². The lowest BCUT2D eigenvalue weighted by Gasteiger charge is -2.38. The molecule has 1 saturated heterocycles. The summed E-state index contributed by atoms with van der Waals surface area (Å²) in [7, 11) is 0. The summed E-state index contributed by atoms with van der Waals surface area (Å²) in [4.78, 5) is 24.8. The number of nitrogens with one attached hydrogen (secondary N) is 1. The molecule has 0 aliphatic carbocycles. The molecule has 1 amide bonds. The van der Waals surface area contributed by atoms with E-state index in [1.54, 1.807) is 0 Å². The van der Waals surface area contributed by atoms with E-state index in [-0.39, 0.29) is 30.1 Å². The minimum absolute atomic E-state index is 0.0368. The Hall–Kier alpha value is -2.18. The minimum atomic E-state index is -0.883. The van der Waals surface area contributed by atoms with Crippen LogP contribution in [0.5, 0.6) is 0 Å². The maximum atomic E-state index is 12.7. The van der Waals surface area contributed by atoms with Gasteiger partial charge in [0, 0.05) is 42.4 Å². The summed E-state index contributed by atoms with van der Waals surface area (Å²) in [6, 6.07) is 12.3. The highest BCUT2D eigenvalue weighted by Gasteiger charge is 2.35. The molecule has 1 atom stereocenters. The Morgan fingerprint density at radius 3 is 2.50 bits per heavy atom. The van der Waals surface area contributed by atoms with Crippen LogP contribution in [0.4, 0.5) is 0 Å². The fraction of sp³-hybridized carbons (Fsp3) is 0.455. The van der Waals surface area contributed by atoms with Crippen LogP contribution in [0.2, 0.25) is 0 Å². The highest BCUT2D eigenvalue weighted by atomic mass is 32.1. The fourth-order valence-corrected chi connectivity index (χ4v) is 4.64. The molecule has 1 aromatic heterocycles. The Labute approximate surface area is 169 Å². The topological polar surface area (TPSA) is 75.6 Å². The normalized spacial score (nSPS) is 17.0. The van der Waals surface area contributed by atoms with Crippen molar-refractivity contribution in [3.63, 3.8) is 0 Å². The van der Waals surface area contributed by atoms with Crippen LogP contribution in [0, 0.1) is 6.92 Å². The maximum Gasteiger partial charge on any atom is 0.304 e. The molecular weight excluding hydrogens is 374 g/mol. The SMILES string of the molecule is Cc1ccc(C2(CNC(=O)CC(CC(=O)O)c3cccs3)CCOCC2)cc1. The highest BCUT2D eigenvalue weighted by molar-refractivity contribution is 7.10. The summed E-state index contributed by atoms with van der Waals surface area (Å²) < 4.78 is 5.56. The van der Waals surface area contributed by atoms with Gasteiger partial charge in [-0.3, -0.25) is 9.59 Å². The van der Waals surface area contributed by atoms with Crippen LogP contribution >= 0.6 is 11.3 Å². The molecule has 2 heterocycles. The van der Waals surface area contributed by atoms with Crippen LogP contribution in [-0.2, 0) is 19.7 Å². The first-order valence-electron chi connectivity index (χ1n) is 9.65. The number of carboxylic acid groups (broad SMARTS) is 1. The first-order valence-corrected chi connectivity index (χ1v) is 10.5. The van der Waals surface area contributed by atoms with Gasteiger partial charge >= 0.3 is 5.97 Å². The van der Waals surface area contributed by atoms with Crippen molar-refractivity contribution in [2.45, 2.75) is 43.9 Å². The summed E-state index contributed by atoms with van der Waals surface area (Å²) in [5.41, 5.74) is 2.30. The molecule has 1 fully saturated rings. The molecule has 0 bridgehead atoms. The van der Waals surface area contributed by atoms with Crippen LogP contribution in [0.3, 0.4) is 0 Å². The van der Waals surface area contributed by atoms with Crippen molar-refractivity contribution >= 4 is 23.2 Å². The monoisotopic (exact) mass is 401 g/mol. The molecule has 1 aromatic carbocycles. The Balaban J connectivity index is 1.67. The standard InChI is InChI=1S/C22H27NO4S/c1-16-4-6-18(7-5-16)22(8-10-27-11-9-22)15-23-20(24)13-17(14-21(25)26)19-3-2-12-28-19/h2-7,12,17H,8-11,13-15H2,1H3,(H,23,24)(H,25,26). The molecule has 0 spiro atoms. The summed E-state index contributed by atoms with van der Waals surface area (Å²) in [5.74, 6) is -1.27. The van der Waals surface area contributed by atoms with Gasteiger partial charge in [-0.15, -0.1) is 11.3 Å². The van der Waals surface area contributed by atoms with Gasteiger partial charge in [0.1, 0.15) is 0 Å². The lowest BCUT2D eigenvalue weighted by Crippen LogP contribution is -2.44. The number of carbonyl (C=O) groups is 2. The average Bonchev–Trinajstić information content (AvgIpc) is 3.22. The van der Waals surface area contributed by atoms with Gasteiger partial charge in [-0.1, -0.05) is 35.9 Å². The third-order valence-electron chi connectivity index (χ3n) is 5.54. The van der Waals surface area contributed by atoms with Crippen LogP contribution in [-0.4, -0.2) is 36.7 Å². The Morgan fingerprint density at radius 1 is 1.18 bits per heavy atom. The van der Waals surface area contributed by atoms with Crippen molar-refractivity contribution in [2.24, 2.45) is 0 Å². The molecule has 1 unspecified atom stereocenters. The number of aliphatic carboxylic acids is 1. The Morgan fingerprint density at radius 2 is 1.89 bits per heavy atom. The van der Waals surface area contributed by atoms with Gasteiger partial charge in [-0.25, -0.2) is 0 Å². The number of benzene rings is 1.